The molecular formula is C22H16N4O4. The molecule has 148 valence electrons. The molecule has 0 aliphatic carbocycles. The van der Waals surface area contributed by atoms with Gasteiger partial charge in [-0.1, -0.05) is 72.8 Å². The van der Waals surface area contributed by atoms with Gasteiger partial charge in [0.25, 0.3) is 11.6 Å². The minimum atomic E-state index is -1.42. The molecule has 1 fully saturated rings. The fourth-order valence-electron chi connectivity index (χ4n) is 3.40. The second kappa shape index (κ2) is 7.59. The van der Waals surface area contributed by atoms with Gasteiger partial charge >= 0.3 is 6.03 Å². The van der Waals surface area contributed by atoms with E-state index in [4.69, 9.17) is 0 Å². The van der Waals surface area contributed by atoms with Crippen molar-refractivity contribution in [3.63, 3.8) is 0 Å². The van der Waals surface area contributed by atoms with Gasteiger partial charge in [-0.15, -0.1) is 5.01 Å². The number of carbonyl (C=O) groups excluding carboxylic acids is 2. The topological polar surface area (TPSA) is 105 Å². The van der Waals surface area contributed by atoms with Gasteiger partial charge in [-0.05, 0) is 11.1 Å². The number of urea groups is 1. The summed E-state index contributed by atoms with van der Waals surface area (Å²) in [6.07, 6.45) is 1.25. The number of rotatable bonds is 5. The molecule has 0 unspecified atom stereocenters. The first-order chi connectivity index (χ1) is 14.5. The molecule has 1 saturated heterocycles. The number of hydrogen-bond acceptors (Lipinski definition) is 5. The molecule has 0 spiro atoms. The molecule has 4 rings (SSSR count). The van der Waals surface area contributed by atoms with Crippen molar-refractivity contribution in [3.8, 4) is 0 Å². The Balaban J connectivity index is 1.74. The molecule has 8 heteroatoms. The van der Waals surface area contributed by atoms with Gasteiger partial charge in [0.1, 0.15) is 0 Å². The van der Waals surface area contributed by atoms with Crippen LogP contribution in [0, 0.1) is 10.1 Å². The number of nitro benzene ring substituents is 1. The number of nitrogens with zero attached hydrogens (tertiary/aromatic N) is 3. The number of carbonyl (C=O) groups is 2. The standard InChI is InChI=1S/C22H16N4O4/c27-20-22(17-9-3-1-4-10-17,18-11-5-2-6-12-18)24-21(28)25(20)23-15-16-8-7-13-19(14-16)26(29)30/h1-15H,(H,24,28)/b23-15-. The normalized spacial score (nSPS) is 15.4. The molecule has 1 heterocycles. The SMILES string of the molecule is O=C1NC(c2ccccc2)(c2ccccc2)C(=O)N1/N=C\c1cccc([N+](=O)[O-])c1. The Labute approximate surface area is 171 Å². The zero-order valence-corrected chi connectivity index (χ0v) is 15.6. The van der Waals surface area contributed by atoms with E-state index in [1.807, 2.05) is 12.1 Å². The Morgan fingerprint density at radius 2 is 1.50 bits per heavy atom. The van der Waals surface area contributed by atoms with Crippen molar-refractivity contribution in [1.82, 2.24) is 10.3 Å². The van der Waals surface area contributed by atoms with Gasteiger partial charge in [0, 0.05) is 17.7 Å². The summed E-state index contributed by atoms with van der Waals surface area (Å²) in [6, 6.07) is 22.9. The van der Waals surface area contributed by atoms with E-state index < -0.39 is 22.4 Å². The summed E-state index contributed by atoms with van der Waals surface area (Å²) in [6.45, 7) is 0. The predicted molar refractivity (Wildman–Crippen MR) is 110 cm³/mol. The van der Waals surface area contributed by atoms with Crippen LogP contribution in [0.3, 0.4) is 0 Å². The first kappa shape index (κ1) is 19.0. The molecule has 0 radical (unpaired) electrons. The lowest BCUT2D eigenvalue weighted by atomic mass is 9.83. The van der Waals surface area contributed by atoms with Crippen LogP contribution in [0.2, 0.25) is 0 Å². The van der Waals surface area contributed by atoms with Crippen LogP contribution in [-0.4, -0.2) is 28.1 Å². The molecule has 3 aromatic carbocycles. The highest BCUT2D eigenvalue weighted by Crippen LogP contribution is 2.36. The summed E-state index contributed by atoms with van der Waals surface area (Å²) in [5.74, 6) is -0.563. The molecule has 1 aliphatic rings. The van der Waals surface area contributed by atoms with Crippen LogP contribution in [-0.2, 0) is 10.3 Å². The highest BCUT2D eigenvalue weighted by molar-refractivity contribution is 6.09. The summed E-state index contributed by atoms with van der Waals surface area (Å²) in [5.41, 5.74) is 0.0607. The van der Waals surface area contributed by atoms with Crippen LogP contribution >= 0.6 is 0 Å². The molecule has 0 saturated carbocycles. The van der Waals surface area contributed by atoms with Gasteiger partial charge in [0.15, 0.2) is 5.54 Å². The highest BCUT2D eigenvalue weighted by Gasteiger charge is 2.54. The number of amides is 3. The van der Waals surface area contributed by atoms with E-state index in [2.05, 4.69) is 10.4 Å². The lowest BCUT2D eigenvalue weighted by molar-refractivity contribution is -0.384. The predicted octanol–water partition coefficient (Wildman–Crippen LogP) is 3.42. The maximum Gasteiger partial charge on any atom is 0.346 e. The molecule has 0 aromatic heterocycles. The summed E-state index contributed by atoms with van der Waals surface area (Å²) in [7, 11) is 0. The number of imide groups is 1. The maximum absolute atomic E-state index is 13.5. The number of nitro groups is 1. The van der Waals surface area contributed by atoms with E-state index in [1.165, 1.54) is 24.4 Å². The monoisotopic (exact) mass is 400 g/mol. The van der Waals surface area contributed by atoms with E-state index in [0.29, 0.717) is 16.7 Å². The van der Waals surface area contributed by atoms with Crippen molar-refractivity contribution < 1.29 is 14.5 Å². The first-order valence-corrected chi connectivity index (χ1v) is 9.08. The van der Waals surface area contributed by atoms with Crippen LogP contribution in [0.1, 0.15) is 16.7 Å². The lowest BCUT2D eigenvalue weighted by Crippen LogP contribution is -2.44. The van der Waals surface area contributed by atoms with Crippen molar-refractivity contribution in [3.05, 3.63) is 112 Å². The average Bonchev–Trinajstić information content (AvgIpc) is 3.04. The Morgan fingerprint density at radius 1 is 0.900 bits per heavy atom. The van der Waals surface area contributed by atoms with Gasteiger partial charge in [-0.25, -0.2) is 4.79 Å². The van der Waals surface area contributed by atoms with Crippen molar-refractivity contribution in [2.24, 2.45) is 5.10 Å². The molecule has 3 amide bonds. The van der Waals surface area contributed by atoms with E-state index in [-0.39, 0.29) is 5.69 Å². The van der Waals surface area contributed by atoms with Crippen molar-refractivity contribution in [1.29, 1.82) is 0 Å². The molecule has 8 nitrogen and oxygen atoms in total. The van der Waals surface area contributed by atoms with Gasteiger partial charge < -0.3 is 5.32 Å². The van der Waals surface area contributed by atoms with Crippen LogP contribution in [0.5, 0.6) is 0 Å². The number of non-ortho nitro benzene ring substituents is 1. The quantitative estimate of drug-likeness (QED) is 0.307. The van der Waals surface area contributed by atoms with E-state index in [0.717, 1.165) is 5.01 Å². The number of hydrazone groups is 1. The van der Waals surface area contributed by atoms with E-state index in [9.17, 15) is 19.7 Å². The zero-order chi connectivity index (χ0) is 21.1. The minimum Gasteiger partial charge on any atom is -0.314 e. The molecule has 0 atom stereocenters. The Bertz CT molecular complexity index is 1110. The Morgan fingerprint density at radius 3 is 2.07 bits per heavy atom. The number of benzene rings is 3. The summed E-state index contributed by atoms with van der Waals surface area (Å²) >= 11 is 0. The van der Waals surface area contributed by atoms with Gasteiger partial charge in [0.2, 0.25) is 0 Å². The van der Waals surface area contributed by atoms with Gasteiger partial charge in [-0.3, -0.25) is 14.9 Å². The minimum absolute atomic E-state index is 0.112. The van der Waals surface area contributed by atoms with Crippen LogP contribution < -0.4 is 5.32 Å². The zero-order valence-electron chi connectivity index (χ0n) is 15.6. The third-order valence-corrected chi connectivity index (χ3v) is 4.82. The Hall–Kier alpha value is -4.33. The molecule has 1 aliphatic heterocycles. The van der Waals surface area contributed by atoms with E-state index >= 15 is 0 Å². The fraction of sp³-hybridized carbons (Fsp3) is 0.0455. The molecule has 1 N–H and O–H groups in total. The second-order valence-corrected chi connectivity index (χ2v) is 6.63. The van der Waals surface area contributed by atoms with Crippen LogP contribution in [0.25, 0.3) is 0 Å². The fourth-order valence-corrected chi connectivity index (χ4v) is 3.40. The van der Waals surface area contributed by atoms with Gasteiger partial charge in [-0.2, -0.15) is 5.10 Å². The second-order valence-electron chi connectivity index (χ2n) is 6.63. The smallest absolute Gasteiger partial charge is 0.314 e. The number of nitrogens with one attached hydrogen (secondary N) is 1. The van der Waals surface area contributed by atoms with Gasteiger partial charge in [0.05, 0.1) is 11.1 Å². The molecule has 0 bridgehead atoms. The average molecular weight is 400 g/mol. The van der Waals surface area contributed by atoms with Crippen molar-refractivity contribution in [2.75, 3.05) is 0 Å². The summed E-state index contributed by atoms with van der Waals surface area (Å²) in [5, 5.41) is 18.5. The first-order valence-electron chi connectivity index (χ1n) is 9.08. The van der Waals surface area contributed by atoms with Crippen LogP contribution in [0.4, 0.5) is 10.5 Å². The molecule has 3 aromatic rings. The molecule has 30 heavy (non-hydrogen) atoms. The highest BCUT2D eigenvalue weighted by atomic mass is 16.6. The third kappa shape index (κ3) is 3.20. The lowest BCUT2D eigenvalue weighted by Gasteiger charge is -2.27. The third-order valence-electron chi connectivity index (χ3n) is 4.82. The van der Waals surface area contributed by atoms with E-state index in [1.54, 1.807) is 54.6 Å². The van der Waals surface area contributed by atoms with Crippen molar-refractivity contribution in [2.45, 2.75) is 5.54 Å². The van der Waals surface area contributed by atoms with Crippen LogP contribution in [0.15, 0.2) is 90.0 Å². The van der Waals surface area contributed by atoms with Crippen molar-refractivity contribution >= 4 is 23.8 Å². The maximum atomic E-state index is 13.5. The Kier molecular flexibility index (Phi) is 4.81. The molecular weight excluding hydrogens is 384 g/mol. The summed E-state index contributed by atoms with van der Waals surface area (Å²) < 4.78 is 0. The largest absolute Gasteiger partial charge is 0.346 e. The summed E-state index contributed by atoms with van der Waals surface area (Å²) in [4.78, 5) is 36.6. The number of hydrogen-bond donors (Lipinski definition) is 1.